The van der Waals surface area contributed by atoms with Gasteiger partial charge in [0.2, 0.25) is 0 Å². The first kappa shape index (κ1) is 28.6. The number of non-ortho nitro benzene ring substituents is 1. The van der Waals surface area contributed by atoms with Crippen molar-refractivity contribution < 1.29 is 33.9 Å². The van der Waals surface area contributed by atoms with Crippen molar-refractivity contribution in [3.63, 3.8) is 0 Å². The minimum atomic E-state index is -1.43. The number of ether oxygens (including phenoxy) is 2. The van der Waals surface area contributed by atoms with Crippen LogP contribution in [0.3, 0.4) is 0 Å². The van der Waals surface area contributed by atoms with Crippen molar-refractivity contribution in [1.29, 1.82) is 0 Å². The van der Waals surface area contributed by atoms with Crippen molar-refractivity contribution in [1.82, 2.24) is 0 Å². The molecule has 0 bridgehead atoms. The minimum Gasteiger partial charge on any atom is -0.494 e. The van der Waals surface area contributed by atoms with Gasteiger partial charge < -0.3 is 25.2 Å². The average molecular weight is 576 g/mol. The Hall–Kier alpha value is -5.42. The van der Waals surface area contributed by atoms with Crippen molar-refractivity contribution in [2.24, 2.45) is 0 Å². The fourth-order valence-corrected chi connectivity index (χ4v) is 4.02. The molecule has 0 aliphatic heterocycles. The van der Waals surface area contributed by atoms with E-state index in [4.69, 9.17) is 21.1 Å². The van der Waals surface area contributed by atoms with Crippen molar-refractivity contribution in [2.75, 3.05) is 17.7 Å². The van der Waals surface area contributed by atoms with E-state index in [1.54, 1.807) is 12.1 Å². The van der Waals surface area contributed by atoms with Crippen molar-refractivity contribution in [3.05, 3.63) is 122 Å². The Morgan fingerprint density at radius 1 is 0.878 bits per heavy atom. The second-order valence-electron chi connectivity index (χ2n) is 8.53. The number of halogens is 1. The van der Waals surface area contributed by atoms with Gasteiger partial charge in [-0.1, -0.05) is 41.9 Å². The molecule has 0 atom stereocenters. The topological polar surface area (TPSA) is 157 Å². The van der Waals surface area contributed by atoms with E-state index < -0.39 is 28.3 Å². The van der Waals surface area contributed by atoms with Gasteiger partial charge in [0, 0.05) is 17.3 Å². The highest BCUT2D eigenvalue weighted by atomic mass is 35.5. The maximum absolute atomic E-state index is 13.0. The Kier molecular flexibility index (Phi) is 8.80. The highest BCUT2D eigenvalue weighted by Gasteiger charge is 2.21. The van der Waals surface area contributed by atoms with Gasteiger partial charge in [0.05, 0.1) is 39.9 Å². The molecule has 3 N–H and O–H groups in total. The number of hydrogen-bond donors (Lipinski definition) is 3. The highest BCUT2D eigenvalue weighted by Crippen LogP contribution is 2.30. The Labute approximate surface area is 238 Å². The van der Waals surface area contributed by atoms with E-state index in [-0.39, 0.29) is 33.3 Å². The summed E-state index contributed by atoms with van der Waals surface area (Å²) >= 11 is 6.32. The van der Waals surface area contributed by atoms with Crippen LogP contribution in [-0.2, 0) is 6.61 Å². The number of nitro benzene ring substituents is 1. The average Bonchev–Trinajstić information content (AvgIpc) is 2.97. The summed E-state index contributed by atoms with van der Waals surface area (Å²) in [6.07, 6.45) is 0. The van der Waals surface area contributed by atoms with Crippen molar-refractivity contribution >= 4 is 46.4 Å². The summed E-state index contributed by atoms with van der Waals surface area (Å²) in [6, 6.07) is 21.3. The second kappa shape index (κ2) is 12.6. The van der Waals surface area contributed by atoms with Crippen LogP contribution in [0, 0.1) is 10.1 Å². The Morgan fingerprint density at radius 3 is 2.29 bits per heavy atom. The number of carboxylic acids is 1. The molecule has 4 aromatic carbocycles. The number of carbonyl (C=O) groups is 3. The van der Waals surface area contributed by atoms with Crippen LogP contribution in [0.5, 0.6) is 11.5 Å². The maximum Gasteiger partial charge on any atom is 0.336 e. The molecule has 41 heavy (non-hydrogen) atoms. The molecule has 2 amide bonds. The van der Waals surface area contributed by atoms with Gasteiger partial charge in [0.25, 0.3) is 17.5 Å². The second-order valence-corrected chi connectivity index (χ2v) is 8.94. The third-order valence-electron chi connectivity index (χ3n) is 5.83. The van der Waals surface area contributed by atoms with E-state index in [1.807, 2.05) is 30.3 Å². The lowest BCUT2D eigenvalue weighted by atomic mass is 10.0. The molecule has 0 unspecified atom stereocenters. The van der Waals surface area contributed by atoms with Crippen LogP contribution in [0.15, 0.2) is 84.9 Å². The van der Waals surface area contributed by atoms with Gasteiger partial charge in [-0.25, -0.2) is 4.79 Å². The molecule has 0 aromatic heterocycles. The van der Waals surface area contributed by atoms with E-state index in [9.17, 15) is 29.6 Å². The van der Waals surface area contributed by atoms with Crippen LogP contribution in [-0.4, -0.2) is 34.9 Å². The number of carbonyl (C=O) groups excluding carboxylic acids is 2. The third kappa shape index (κ3) is 6.97. The maximum atomic E-state index is 13.0. The van der Waals surface area contributed by atoms with Gasteiger partial charge >= 0.3 is 5.97 Å². The number of methoxy groups -OCH3 is 1. The molecule has 0 radical (unpaired) electrons. The minimum absolute atomic E-state index is 0.0390. The molecule has 0 fully saturated rings. The summed E-state index contributed by atoms with van der Waals surface area (Å²) < 4.78 is 10.8. The van der Waals surface area contributed by atoms with Crippen LogP contribution >= 0.6 is 11.6 Å². The monoisotopic (exact) mass is 575 g/mol. The van der Waals surface area contributed by atoms with Gasteiger partial charge in [-0.05, 0) is 48.0 Å². The number of aromatic carboxylic acids is 1. The summed E-state index contributed by atoms with van der Waals surface area (Å²) in [7, 11) is 1.28. The van der Waals surface area contributed by atoms with E-state index >= 15 is 0 Å². The molecule has 4 rings (SSSR count). The zero-order chi connectivity index (χ0) is 29.5. The predicted octanol–water partition coefficient (Wildman–Crippen LogP) is 6.04. The van der Waals surface area contributed by atoms with Crippen LogP contribution in [0.4, 0.5) is 17.1 Å². The van der Waals surface area contributed by atoms with Crippen LogP contribution < -0.4 is 20.1 Å². The number of rotatable bonds is 10. The molecule has 0 saturated heterocycles. The predicted molar refractivity (Wildman–Crippen MR) is 151 cm³/mol. The number of benzene rings is 4. The fourth-order valence-electron chi connectivity index (χ4n) is 3.78. The van der Waals surface area contributed by atoms with Gasteiger partial charge in [-0.3, -0.25) is 19.7 Å². The molecule has 12 heteroatoms. The van der Waals surface area contributed by atoms with Gasteiger partial charge in [-0.2, -0.15) is 0 Å². The standard InChI is InChI=1S/C29H22ClN3O8/c1-40-26-15-20(33(38)39)9-11-24(26)32-27(34)18-7-10-21(22(13-18)29(36)37)28(35)31-19-8-12-25(23(30)14-19)41-16-17-5-3-2-4-6-17/h2-15H,16H2,1H3,(H,31,35)(H,32,34)(H,36,37). The van der Waals surface area contributed by atoms with E-state index in [1.165, 1.54) is 37.4 Å². The summed E-state index contributed by atoms with van der Waals surface area (Å²) in [4.78, 5) is 48.2. The Morgan fingerprint density at radius 2 is 1.63 bits per heavy atom. The van der Waals surface area contributed by atoms with E-state index in [0.29, 0.717) is 18.0 Å². The zero-order valence-corrected chi connectivity index (χ0v) is 22.2. The molecule has 4 aromatic rings. The van der Waals surface area contributed by atoms with Crippen LogP contribution in [0.2, 0.25) is 5.02 Å². The van der Waals surface area contributed by atoms with E-state index in [2.05, 4.69) is 10.6 Å². The molecular formula is C29H22ClN3O8. The molecule has 0 heterocycles. The first-order valence-electron chi connectivity index (χ1n) is 11.9. The molecular weight excluding hydrogens is 554 g/mol. The first-order chi connectivity index (χ1) is 19.7. The normalized spacial score (nSPS) is 10.4. The van der Waals surface area contributed by atoms with Gasteiger partial charge in [-0.15, -0.1) is 0 Å². The number of amides is 2. The SMILES string of the molecule is COc1cc([N+](=O)[O-])ccc1NC(=O)c1ccc(C(=O)Nc2ccc(OCc3ccccc3)c(Cl)c2)c(C(=O)O)c1. The Balaban J connectivity index is 1.49. The van der Waals surface area contributed by atoms with Crippen LogP contribution in [0.1, 0.15) is 36.6 Å². The zero-order valence-electron chi connectivity index (χ0n) is 21.4. The quantitative estimate of drug-likeness (QED) is 0.152. The smallest absolute Gasteiger partial charge is 0.336 e. The molecule has 0 aliphatic rings. The third-order valence-corrected chi connectivity index (χ3v) is 6.12. The van der Waals surface area contributed by atoms with Crippen molar-refractivity contribution in [3.8, 4) is 11.5 Å². The molecule has 0 saturated carbocycles. The molecule has 0 aliphatic carbocycles. The summed E-state index contributed by atoms with van der Waals surface area (Å²) in [5.74, 6) is -2.44. The van der Waals surface area contributed by atoms with Crippen molar-refractivity contribution in [2.45, 2.75) is 6.61 Å². The number of hydrogen-bond acceptors (Lipinski definition) is 7. The summed E-state index contributed by atoms with van der Waals surface area (Å²) in [6.45, 7) is 0.297. The Bertz CT molecular complexity index is 1640. The van der Waals surface area contributed by atoms with Gasteiger partial charge in [0.1, 0.15) is 18.1 Å². The number of carboxylic acid groups (broad SMARTS) is 1. The van der Waals surface area contributed by atoms with E-state index in [0.717, 1.165) is 17.7 Å². The number of nitrogens with zero attached hydrogens (tertiary/aromatic N) is 1. The summed E-state index contributed by atoms with van der Waals surface area (Å²) in [5.41, 5.74) is 0.472. The molecule has 0 spiro atoms. The lowest BCUT2D eigenvalue weighted by molar-refractivity contribution is -0.384. The molecule has 208 valence electrons. The number of nitrogens with one attached hydrogen (secondary N) is 2. The number of nitro groups is 1. The lowest BCUT2D eigenvalue weighted by Crippen LogP contribution is -2.19. The lowest BCUT2D eigenvalue weighted by Gasteiger charge is -2.13. The fraction of sp³-hybridized carbons (Fsp3) is 0.0690. The van der Waals surface area contributed by atoms with Crippen LogP contribution in [0.25, 0.3) is 0 Å². The summed E-state index contributed by atoms with van der Waals surface area (Å²) in [5, 5.41) is 26.1. The largest absolute Gasteiger partial charge is 0.494 e. The highest BCUT2D eigenvalue weighted by molar-refractivity contribution is 6.32. The first-order valence-corrected chi connectivity index (χ1v) is 12.3. The van der Waals surface area contributed by atoms with Gasteiger partial charge in [0.15, 0.2) is 0 Å². The molecule has 11 nitrogen and oxygen atoms in total. The number of anilines is 2.